The maximum atomic E-state index is 12.4. The maximum absolute atomic E-state index is 12.4. The van der Waals surface area contributed by atoms with Crippen LogP contribution in [0.25, 0.3) is 0 Å². The zero-order chi connectivity index (χ0) is 32.1. The van der Waals surface area contributed by atoms with Crippen molar-refractivity contribution in [3.8, 4) is 0 Å². The number of hydrogen-bond acceptors (Lipinski definition) is 12. The minimum atomic E-state index is -2.40. The molecule has 0 bridgehead atoms. The third kappa shape index (κ3) is 9.25. The average molecular weight is 643 g/mol. The van der Waals surface area contributed by atoms with Gasteiger partial charge < -0.3 is 37.6 Å². The zero-order valence-corrected chi connectivity index (χ0v) is 28.5. The standard InChI is InChI=1S/C30H46O11SSi/c1-17-23(41-43(9,10)30(5,6)7)25(38-19(3)32)26(39-20(4)33)28(36-17)40-24-22(37-18(2)31)16-35-29(27(24)34-8)42-21-14-12-11-13-15-21/h11-15,17,22-29H,16H2,1-10H3/t17-,22+,23+,24+,25-,26-,27+,28+,29+/m1/s1. The molecule has 0 saturated carbocycles. The van der Waals surface area contributed by atoms with E-state index in [-0.39, 0.29) is 11.6 Å². The van der Waals surface area contributed by atoms with E-state index in [1.807, 2.05) is 30.3 Å². The molecule has 2 saturated heterocycles. The van der Waals surface area contributed by atoms with Crippen LogP contribution in [0.3, 0.4) is 0 Å². The third-order valence-electron chi connectivity index (χ3n) is 7.83. The lowest BCUT2D eigenvalue weighted by Gasteiger charge is -2.50. The van der Waals surface area contributed by atoms with Gasteiger partial charge in [-0.15, -0.1) is 0 Å². The van der Waals surface area contributed by atoms with Gasteiger partial charge in [-0.25, -0.2) is 0 Å². The van der Waals surface area contributed by atoms with Crippen molar-refractivity contribution in [2.45, 2.75) is 126 Å². The Kier molecular flexibility index (Phi) is 12.3. The first-order valence-corrected chi connectivity index (χ1v) is 18.2. The van der Waals surface area contributed by atoms with E-state index in [4.69, 9.17) is 37.6 Å². The number of hydrogen-bond donors (Lipinski definition) is 0. The molecule has 1 aromatic carbocycles. The second-order valence-electron chi connectivity index (χ2n) is 12.3. The van der Waals surface area contributed by atoms with E-state index in [0.29, 0.717) is 0 Å². The Labute approximate surface area is 259 Å². The molecule has 0 radical (unpaired) electrons. The van der Waals surface area contributed by atoms with Crippen molar-refractivity contribution >= 4 is 38.0 Å². The summed E-state index contributed by atoms with van der Waals surface area (Å²) in [6, 6.07) is 9.65. The topological polar surface area (TPSA) is 125 Å². The number of methoxy groups -OCH3 is 1. The first kappa shape index (κ1) is 35.5. The lowest BCUT2D eigenvalue weighted by molar-refractivity contribution is -0.329. The fourth-order valence-electron chi connectivity index (χ4n) is 4.76. The summed E-state index contributed by atoms with van der Waals surface area (Å²) < 4.78 is 48.6. The van der Waals surface area contributed by atoms with Gasteiger partial charge in [0.1, 0.15) is 23.7 Å². The summed E-state index contributed by atoms with van der Waals surface area (Å²) in [6.07, 6.45) is -7.30. The van der Waals surface area contributed by atoms with Gasteiger partial charge in [0.05, 0.1) is 12.7 Å². The van der Waals surface area contributed by atoms with Gasteiger partial charge in [-0.05, 0) is 37.2 Å². The van der Waals surface area contributed by atoms with Gasteiger partial charge in [-0.2, -0.15) is 0 Å². The van der Waals surface area contributed by atoms with Crippen LogP contribution in [0.15, 0.2) is 35.2 Å². The molecular formula is C30H46O11SSi. The van der Waals surface area contributed by atoms with Gasteiger partial charge in [-0.1, -0.05) is 50.7 Å². The fraction of sp³-hybridized carbons (Fsp3) is 0.700. The number of rotatable bonds is 10. The summed E-state index contributed by atoms with van der Waals surface area (Å²) in [5, 5.41) is -0.158. The predicted molar refractivity (Wildman–Crippen MR) is 161 cm³/mol. The largest absolute Gasteiger partial charge is 0.457 e. The molecule has 0 N–H and O–H groups in total. The third-order valence-corrected chi connectivity index (χ3v) is 13.5. The number of benzene rings is 1. The van der Waals surface area contributed by atoms with Crippen LogP contribution in [0, 0.1) is 0 Å². The van der Waals surface area contributed by atoms with Crippen molar-refractivity contribution in [1.82, 2.24) is 0 Å². The Bertz CT molecular complexity index is 1100. The van der Waals surface area contributed by atoms with Gasteiger partial charge >= 0.3 is 17.9 Å². The molecule has 2 heterocycles. The van der Waals surface area contributed by atoms with Gasteiger partial charge in [0.25, 0.3) is 0 Å². The quantitative estimate of drug-likeness (QED) is 0.203. The summed E-state index contributed by atoms with van der Waals surface area (Å²) in [5.41, 5.74) is -0.531. The van der Waals surface area contributed by atoms with Crippen LogP contribution in [-0.4, -0.2) is 94.4 Å². The van der Waals surface area contributed by atoms with Gasteiger partial charge in [0.15, 0.2) is 32.9 Å². The smallest absolute Gasteiger partial charge is 0.303 e. The molecule has 0 aromatic heterocycles. The summed E-state index contributed by atoms with van der Waals surface area (Å²) >= 11 is 1.44. The molecule has 2 aliphatic rings. The number of thioether (sulfide) groups is 1. The average Bonchev–Trinajstić information content (AvgIpc) is 2.89. The number of esters is 3. The van der Waals surface area contributed by atoms with Crippen LogP contribution in [0.4, 0.5) is 0 Å². The Hall–Kier alpha value is -2.00. The van der Waals surface area contributed by atoms with E-state index >= 15 is 0 Å². The first-order chi connectivity index (χ1) is 20.0. The molecule has 9 atom stereocenters. The highest BCUT2D eigenvalue weighted by Gasteiger charge is 2.55. The van der Waals surface area contributed by atoms with Crippen molar-refractivity contribution in [3.63, 3.8) is 0 Å². The molecule has 1 aromatic rings. The van der Waals surface area contributed by atoms with Crippen molar-refractivity contribution in [2.75, 3.05) is 13.7 Å². The molecular weight excluding hydrogens is 596 g/mol. The Morgan fingerprint density at radius 1 is 0.860 bits per heavy atom. The Morgan fingerprint density at radius 2 is 1.44 bits per heavy atom. The van der Waals surface area contributed by atoms with E-state index < -0.39 is 80.7 Å². The van der Waals surface area contributed by atoms with Crippen LogP contribution >= 0.6 is 11.8 Å². The molecule has 0 unspecified atom stereocenters. The highest BCUT2D eigenvalue weighted by Crippen LogP contribution is 2.41. The number of carbonyl (C=O) groups excluding carboxylic acids is 3. The lowest BCUT2D eigenvalue weighted by Crippen LogP contribution is -2.65. The summed E-state index contributed by atoms with van der Waals surface area (Å²) in [6.45, 7) is 16.1. The molecule has 0 aliphatic carbocycles. The van der Waals surface area contributed by atoms with Crippen molar-refractivity contribution in [3.05, 3.63) is 30.3 Å². The molecule has 11 nitrogen and oxygen atoms in total. The second-order valence-corrected chi connectivity index (χ2v) is 18.2. The highest BCUT2D eigenvalue weighted by molar-refractivity contribution is 7.99. The van der Waals surface area contributed by atoms with E-state index in [1.165, 1.54) is 39.6 Å². The van der Waals surface area contributed by atoms with Crippen LogP contribution in [0.2, 0.25) is 18.1 Å². The SMILES string of the molecule is CO[C@H]1[C@@H](O[C@@H]2O[C@H](C)[C@H](O[Si](C)(C)C(C)(C)C)[C@@H](OC(C)=O)[C@H]2OC(C)=O)[C@@H](OC(C)=O)CO[C@H]1Sc1ccccc1. The van der Waals surface area contributed by atoms with Crippen molar-refractivity contribution in [2.24, 2.45) is 0 Å². The Balaban J connectivity index is 1.98. The minimum absolute atomic E-state index is 0.0274. The van der Waals surface area contributed by atoms with Crippen LogP contribution in [0.1, 0.15) is 48.5 Å². The van der Waals surface area contributed by atoms with Gasteiger partial charge in [0, 0.05) is 32.8 Å². The fourth-order valence-corrected chi connectivity index (χ4v) is 7.25. The molecule has 2 aliphatic heterocycles. The summed E-state index contributed by atoms with van der Waals surface area (Å²) in [4.78, 5) is 37.7. The minimum Gasteiger partial charge on any atom is -0.457 e. The van der Waals surface area contributed by atoms with E-state index in [9.17, 15) is 14.4 Å². The molecule has 0 amide bonds. The van der Waals surface area contributed by atoms with Crippen molar-refractivity contribution in [1.29, 1.82) is 0 Å². The monoisotopic (exact) mass is 642 g/mol. The molecule has 2 fully saturated rings. The van der Waals surface area contributed by atoms with Crippen LogP contribution in [-0.2, 0) is 52.0 Å². The zero-order valence-electron chi connectivity index (χ0n) is 26.7. The molecule has 3 rings (SSSR count). The summed E-state index contributed by atoms with van der Waals surface area (Å²) in [7, 11) is -0.891. The van der Waals surface area contributed by atoms with Crippen LogP contribution in [0.5, 0.6) is 0 Å². The maximum Gasteiger partial charge on any atom is 0.303 e. The number of carbonyl (C=O) groups is 3. The van der Waals surface area contributed by atoms with E-state index in [1.54, 1.807) is 6.92 Å². The van der Waals surface area contributed by atoms with Crippen molar-refractivity contribution < 1.29 is 52.0 Å². The predicted octanol–water partition coefficient (Wildman–Crippen LogP) is 4.47. The Morgan fingerprint density at radius 3 is 1.98 bits per heavy atom. The molecule has 242 valence electrons. The highest BCUT2D eigenvalue weighted by atomic mass is 32.2. The molecule has 13 heteroatoms. The number of ether oxygens (including phenoxy) is 7. The van der Waals surface area contributed by atoms with E-state index in [0.717, 1.165) is 4.90 Å². The molecule has 0 spiro atoms. The van der Waals surface area contributed by atoms with Gasteiger partial charge in [-0.3, -0.25) is 14.4 Å². The lowest BCUT2D eigenvalue weighted by atomic mass is 9.98. The van der Waals surface area contributed by atoms with E-state index in [2.05, 4.69) is 33.9 Å². The second kappa shape index (κ2) is 14.9. The normalized spacial score (nSPS) is 31.6. The summed E-state index contributed by atoms with van der Waals surface area (Å²) in [5.74, 6) is -1.72. The van der Waals surface area contributed by atoms with Gasteiger partial charge in [0.2, 0.25) is 0 Å². The first-order valence-electron chi connectivity index (χ1n) is 14.4. The molecule has 43 heavy (non-hydrogen) atoms. The van der Waals surface area contributed by atoms with Crippen LogP contribution < -0.4 is 0 Å².